The molecule has 1 aromatic carbocycles. The van der Waals surface area contributed by atoms with Crippen LogP contribution in [0.2, 0.25) is 0 Å². The fraction of sp³-hybridized carbons (Fsp3) is 0.455. The van der Waals surface area contributed by atoms with Crippen LogP contribution in [0.1, 0.15) is 39.0 Å². The molecular weight excluding hydrogens is 370 g/mol. The largest absolute Gasteiger partial charge is 0.351 e. The van der Waals surface area contributed by atoms with Crippen molar-refractivity contribution >= 4 is 23.2 Å². The van der Waals surface area contributed by atoms with E-state index < -0.39 is 0 Å². The minimum absolute atomic E-state index is 0.0294. The Hall–Kier alpha value is -2.18. The summed E-state index contributed by atoms with van der Waals surface area (Å²) in [4.78, 5) is 31.1. The van der Waals surface area contributed by atoms with Crippen molar-refractivity contribution in [3.05, 3.63) is 57.3 Å². The van der Waals surface area contributed by atoms with E-state index in [1.807, 2.05) is 35.2 Å². The van der Waals surface area contributed by atoms with Gasteiger partial charge < -0.3 is 10.2 Å². The first-order valence-electron chi connectivity index (χ1n) is 9.98. The third kappa shape index (κ3) is 5.42. The number of nitrogens with one attached hydrogen (secondary N) is 1. The lowest BCUT2D eigenvalue weighted by Gasteiger charge is -2.34. The van der Waals surface area contributed by atoms with E-state index in [4.69, 9.17) is 0 Å². The van der Waals surface area contributed by atoms with E-state index in [0.29, 0.717) is 26.2 Å². The van der Waals surface area contributed by atoms with Crippen molar-refractivity contribution in [3.8, 4) is 0 Å². The van der Waals surface area contributed by atoms with E-state index in [2.05, 4.69) is 30.1 Å². The number of thiophene rings is 1. The minimum Gasteiger partial charge on any atom is -0.351 e. The summed E-state index contributed by atoms with van der Waals surface area (Å²) in [5.41, 5.74) is 2.39. The zero-order chi connectivity index (χ0) is 19.9. The molecule has 1 saturated heterocycles. The summed E-state index contributed by atoms with van der Waals surface area (Å²) in [5, 5.41) is 2.97. The number of nitrogens with zero attached hydrogens (tertiary/aromatic N) is 2. The molecular formula is C22H29N3O2S. The normalized spacial score (nSPS) is 14.9. The third-order valence-electron chi connectivity index (χ3n) is 5.11. The summed E-state index contributed by atoms with van der Waals surface area (Å²) in [6, 6.07) is 12.0. The van der Waals surface area contributed by atoms with Crippen LogP contribution in [0.3, 0.4) is 0 Å². The Morgan fingerprint density at radius 2 is 1.82 bits per heavy atom. The lowest BCUT2D eigenvalue weighted by molar-refractivity contribution is -0.122. The first-order valence-corrected chi connectivity index (χ1v) is 10.8. The average molecular weight is 400 g/mol. The number of benzene rings is 1. The molecule has 0 spiro atoms. The van der Waals surface area contributed by atoms with Crippen molar-refractivity contribution in [1.29, 1.82) is 0 Å². The molecule has 0 saturated carbocycles. The molecule has 0 aliphatic carbocycles. The molecule has 0 radical (unpaired) electrons. The molecule has 1 N–H and O–H groups in total. The predicted molar refractivity (Wildman–Crippen MR) is 114 cm³/mol. The van der Waals surface area contributed by atoms with E-state index in [1.54, 1.807) is 11.3 Å². The molecule has 28 heavy (non-hydrogen) atoms. The second kappa shape index (κ2) is 9.85. The van der Waals surface area contributed by atoms with Crippen molar-refractivity contribution in [1.82, 2.24) is 15.1 Å². The predicted octanol–water partition coefficient (Wildman–Crippen LogP) is 3.08. The van der Waals surface area contributed by atoms with Gasteiger partial charge in [-0.2, -0.15) is 0 Å². The smallest absolute Gasteiger partial charge is 0.264 e. The molecule has 3 rings (SSSR count). The number of aryl methyl sites for hydroxylation is 2. The first kappa shape index (κ1) is 20.6. The van der Waals surface area contributed by atoms with E-state index in [1.165, 1.54) is 10.4 Å². The molecule has 1 fully saturated rings. The standard InChI is InChI=1S/C22H29N3O2S/c1-3-7-19-14-20(28-17(19)2)22(27)25-12-10-24(11-13-25)16-21(26)23-15-18-8-5-4-6-9-18/h4-6,8-9,14H,3,7,10-13,15-16H2,1-2H3,(H,23,26). The van der Waals surface area contributed by atoms with Gasteiger partial charge in [0, 0.05) is 37.6 Å². The minimum atomic E-state index is 0.0294. The summed E-state index contributed by atoms with van der Waals surface area (Å²) in [7, 11) is 0. The van der Waals surface area contributed by atoms with Crippen molar-refractivity contribution in [2.75, 3.05) is 32.7 Å². The molecule has 6 heteroatoms. The van der Waals surface area contributed by atoms with Crippen LogP contribution in [0.25, 0.3) is 0 Å². The number of carbonyl (C=O) groups is 2. The van der Waals surface area contributed by atoms with Gasteiger partial charge in [-0.25, -0.2) is 0 Å². The Morgan fingerprint density at radius 1 is 1.11 bits per heavy atom. The van der Waals surface area contributed by atoms with Gasteiger partial charge in [-0.3, -0.25) is 14.5 Å². The highest BCUT2D eigenvalue weighted by atomic mass is 32.1. The van der Waals surface area contributed by atoms with Gasteiger partial charge in [0.05, 0.1) is 11.4 Å². The summed E-state index contributed by atoms with van der Waals surface area (Å²) < 4.78 is 0. The molecule has 1 aliphatic rings. The van der Waals surface area contributed by atoms with Crippen molar-refractivity contribution in [2.24, 2.45) is 0 Å². The van der Waals surface area contributed by atoms with Crippen molar-refractivity contribution < 1.29 is 9.59 Å². The number of amides is 2. The Morgan fingerprint density at radius 3 is 2.50 bits per heavy atom. The quantitative estimate of drug-likeness (QED) is 0.778. The van der Waals surface area contributed by atoms with Gasteiger partial charge in [-0.15, -0.1) is 11.3 Å². The number of hydrogen-bond donors (Lipinski definition) is 1. The fourth-order valence-electron chi connectivity index (χ4n) is 3.46. The van der Waals surface area contributed by atoms with E-state index >= 15 is 0 Å². The van der Waals surface area contributed by atoms with Crippen LogP contribution < -0.4 is 5.32 Å². The Kier molecular flexibility index (Phi) is 7.23. The van der Waals surface area contributed by atoms with Crippen LogP contribution >= 0.6 is 11.3 Å². The zero-order valence-electron chi connectivity index (χ0n) is 16.7. The van der Waals surface area contributed by atoms with Crippen LogP contribution in [0.4, 0.5) is 0 Å². The van der Waals surface area contributed by atoms with Gasteiger partial charge >= 0.3 is 0 Å². The van der Waals surface area contributed by atoms with Crippen LogP contribution in [-0.2, 0) is 17.8 Å². The van der Waals surface area contributed by atoms with Gasteiger partial charge in [0.25, 0.3) is 5.91 Å². The second-order valence-electron chi connectivity index (χ2n) is 7.27. The van der Waals surface area contributed by atoms with Gasteiger partial charge in [-0.05, 0) is 30.5 Å². The highest BCUT2D eigenvalue weighted by Gasteiger charge is 2.24. The van der Waals surface area contributed by atoms with Gasteiger partial charge in [0.15, 0.2) is 0 Å². The second-order valence-corrected chi connectivity index (χ2v) is 8.53. The number of rotatable bonds is 7. The number of carbonyl (C=O) groups excluding carboxylic acids is 2. The van der Waals surface area contributed by atoms with Crippen LogP contribution in [0, 0.1) is 6.92 Å². The van der Waals surface area contributed by atoms with Crippen LogP contribution in [0.15, 0.2) is 36.4 Å². The summed E-state index contributed by atoms with van der Waals surface area (Å²) >= 11 is 1.60. The first-order chi connectivity index (χ1) is 13.6. The molecule has 150 valence electrons. The summed E-state index contributed by atoms with van der Waals surface area (Å²) in [6.07, 6.45) is 2.12. The lowest BCUT2D eigenvalue weighted by atomic mass is 10.1. The molecule has 2 heterocycles. The Balaban J connectivity index is 1.44. The van der Waals surface area contributed by atoms with Crippen LogP contribution in [-0.4, -0.2) is 54.3 Å². The Bertz CT molecular complexity index is 795. The van der Waals surface area contributed by atoms with E-state index in [9.17, 15) is 9.59 Å². The SMILES string of the molecule is CCCc1cc(C(=O)N2CCN(CC(=O)NCc3ccccc3)CC2)sc1C. The molecule has 2 aromatic rings. The Labute approximate surface area is 171 Å². The number of hydrogen-bond acceptors (Lipinski definition) is 4. The third-order valence-corrected chi connectivity index (χ3v) is 6.19. The summed E-state index contributed by atoms with van der Waals surface area (Å²) in [6.45, 7) is 8.00. The lowest BCUT2D eigenvalue weighted by Crippen LogP contribution is -2.51. The van der Waals surface area contributed by atoms with E-state index in [0.717, 1.165) is 36.4 Å². The van der Waals surface area contributed by atoms with Gasteiger partial charge in [0.1, 0.15) is 0 Å². The zero-order valence-corrected chi connectivity index (χ0v) is 17.6. The highest BCUT2D eigenvalue weighted by molar-refractivity contribution is 7.14. The van der Waals surface area contributed by atoms with Crippen LogP contribution in [0.5, 0.6) is 0 Å². The van der Waals surface area contributed by atoms with Gasteiger partial charge in [-0.1, -0.05) is 43.7 Å². The fourth-order valence-corrected chi connectivity index (χ4v) is 4.50. The van der Waals surface area contributed by atoms with E-state index in [-0.39, 0.29) is 11.8 Å². The highest BCUT2D eigenvalue weighted by Crippen LogP contribution is 2.24. The molecule has 1 aromatic heterocycles. The number of piperazine rings is 1. The van der Waals surface area contributed by atoms with Crippen molar-refractivity contribution in [2.45, 2.75) is 33.2 Å². The molecule has 1 aliphatic heterocycles. The molecule has 0 unspecified atom stereocenters. The maximum atomic E-state index is 12.8. The maximum absolute atomic E-state index is 12.8. The molecule has 0 atom stereocenters. The molecule has 0 bridgehead atoms. The van der Waals surface area contributed by atoms with Crippen molar-refractivity contribution in [3.63, 3.8) is 0 Å². The average Bonchev–Trinajstić information content (AvgIpc) is 3.08. The monoisotopic (exact) mass is 399 g/mol. The molecule has 2 amide bonds. The molecule has 5 nitrogen and oxygen atoms in total. The topological polar surface area (TPSA) is 52.7 Å². The summed E-state index contributed by atoms with van der Waals surface area (Å²) in [5.74, 6) is 0.158. The maximum Gasteiger partial charge on any atom is 0.264 e. The van der Waals surface area contributed by atoms with Gasteiger partial charge in [0.2, 0.25) is 5.91 Å².